The van der Waals surface area contributed by atoms with Crippen LogP contribution in [0.3, 0.4) is 0 Å². The largest absolute Gasteiger partial charge is 0.497 e. The van der Waals surface area contributed by atoms with Gasteiger partial charge in [0.1, 0.15) is 11.5 Å². The van der Waals surface area contributed by atoms with Crippen molar-refractivity contribution in [2.45, 2.75) is 31.1 Å². The van der Waals surface area contributed by atoms with Crippen molar-refractivity contribution in [3.05, 3.63) is 101 Å². The smallest absolute Gasteiger partial charge is 0.253 e. The summed E-state index contributed by atoms with van der Waals surface area (Å²) >= 11 is 1.28. The van der Waals surface area contributed by atoms with E-state index >= 15 is 0 Å². The molecule has 10 nitrogen and oxygen atoms in total. The number of nitrogens with zero attached hydrogens (tertiary/aromatic N) is 5. The van der Waals surface area contributed by atoms with Crippen molar-refractivity contribution >= 4 is 29.3 Å². The van der Waals surface area contributed by atoms with Gasteiger partial charge in [-0.2, -0.15) is 5.10 Å². The van der Waals surface area contributed by atoms with Crippen LogP contribution in [0.15, 0.2) is 83.1 Å². The summed E-state index contributed by atoms with van der Waals surface area (Å²) in [7, 11) is 5.07. The Bertz CT molecular complexity index is 1600. The zero-order valence-electron chi connectivity index (χ0n) is 23.9. The van der Waals surface area contributed by atoms with Crippen LogP contribution in [0.4, 0.5) is 0 Å². The molecule has 0 radical (unpaired) electrons. The lowest BCUT2D eigenvalue weighted by atomic mass is 9.98. The van der Waals surface area contributed by atoms with Gasteiger partial charge >= 0.3 is 0 Å². The Labute approximate surface area is 248 Å². The fourth-order valence-corrected chi connectivity index (χ4v) is 5.43. The van der Waals surface area contributed by atoms with Gasteiger partial charge < -0.3 is 19.4 Å². The number of amides is 2. The van der Waals surface area contributed by atoms with Crippen molar-refractivity contribution < 1.29 is 19.1 Å². The summed E-state index contributed by atoms with van der Waals surface area (Å²) in [5.74, 6) is 1.87. The van der Waals surface area contributed by atoms with Gasteiger partial charge in [0.15, 0.2) is 11.0 Å². The van der Waals surface area contributed by atoms with E-state index in [0.717, 1.165) is 33.9 Å². The number of carbonyl (C=O) groups is 2. The van der Waals surface area contributed by atoms with Crippen LogP contribution in [0.5, 0.6) is 11.5 Å². The highest BCUT2D eigenvalue weighted by atomic mass is 32.2. The Kier molecular flexibility index (Phi) is 8.87. The molecule has 1 N–H and O–H groups in total. The molecule has 4 aromatic rings. The molecule has 1 aromatic heterocycles. The Morgan fingerprint density at radius 2 is 1.67 bits per heavy atom. The second-order valence-electron chi connectivity index (χ2n) is 9.81. The lowest BCUT2D eigenvalue weighted by Crippen LogP contribution is -2.28. The molecule has 0 saturated carbocycles. The summed E-state index contributed by atoms with van der Waals surface area (Å²) in [6.07, 6.45) is 0.573. The lowest BCUT2D eigenvalue weighted by Gasteiger charge is -2.22. The fourth-order valence-electron chi connectivity index (χ4n) is 4.65. The fraction of sp³-hybridized carbons (Fsp3) is 0.258. The van der Waals surface area contributed by atoms with Crippen LogP contribution in [0, 0.1) is 6.92 Å². The highest BCUT2D eigenvalue weighted by molar-refractivity contribution is 7.99. The van der Waals surface area contributed by atoms with Crippen LogP contribution < -0.4 is 14.8 Å². The number of methoxy groups -OCH3 is 2. The van der Waals surface area contributed by atoms with Crippen molar-refractivity contribution in [1.82, 2.24) is 25.1 Å². The number of benzene rings is 3. The van der Waals surface area contributed by atoms with Gasteiger partial charge in [-0.25, -0.2) is 5.01 Å². The number of hydrogen-bond donors (Lipinski definition) is 1. The molecule has 216 valence electrons. The third-order valence-electron chi connectivity index (χ3n) is 7.03. The first-order valence-corrected chi connectivity index (χ1v) is 14.4. The maximum absolute atomic E-state index is 13.6. The van der Waals surface area contributed by atoms with E-state index in [1.165, 1.54) is 11.8 Å². The average Bonchev–Trinajstić information content (AvgIpc) is 3.62. The number of hydrogen-bond acceptors (Lipinski definition) is 8. The van der Waals surface area contributed by atoms with E-state index in [-0.39, 0.29) is 30.2 Å². The van der Waals surface area contributed by atoms with Crippen molar-refractivity contribution in [2.75, 3.05) is 20.0 Å². The van der Waals surface area contributed by atoms with Crippen LogP contribution in [0.2, 0.25) is 0 Å². The average molecular weight is 585 g/mol. The first-order valence-electron chi connectivity index (χ1n) is 13.4. The molecule has 0 aliphatic carbocycles. The standard InChI is InChI=1S/C31H32N6O4S/c1-20-6-5-7-23(16-20)30(39)32-18-28-33-34-31(36(28)2)42-19-29(38)37-27(22-10-14-25(41-4)15-11-22)17-26(35-37)21-8-12-24(40-3)13-9-21/h5-16,27H,17-19H2,1-4H3,(H,32,39)/t27-/m0/s1. The molecule has 0 spiro atoms. The summed E-state index contributed by atoms with van der Waals surface area (Å²) < 4.78 is 12.4. The maximum atomic E-state index is 13.6. The summed E-state index contributed by atoms with van der Waals surface area (Å²) in [6.45, 7) is 2.16. The third kappa shape index (κ3) is 6.46. The van der Waals surface area contributed by atoms with E-state index in [1.54, 1.807) is 29.9 Å². The predicted octanol–water partition coefficient (Wildman–Crippen LogP) is 4.54. The monoisotopic (exact) mass is 584 g/mol. The molecule has 1 aliphatic rings. The van der Waals surface area contributed by atoms with Gasteiger partial charge in [-0.05, 0) is 66.6 Å². The van der Waals surface area contributed by atoms with Crippen molar-refractivity contribution in [3.8, 4) is 11.5 Å². The minimum atomic E-state index is -0.256. The number of carbonyl (C=O) groups excluding carboxylic acids is 2. The highest BCUT2D eigenvalue weighted by Crippen LogP contribution is 2.34. The minimum Gasteiger partial charge on any atom is -0.497 e. The van der Waals surface area contributed by atoms with Crippen LogP contribution >= 0.6 is 11.8 Å². The first kappa shape index (κ1) is 28.9. The van der Waals surface area contributed by atoms with Crippen LogP contribution in [0.1, 0.15) is 45.3 Å². The topological polar surface area (TPSA) is 111 Å². The molecule has 1 aliphatic heterocycles. The maximum Gasteiger partial charge on any atom is 0.253 e. The number of rotatable bonds is 10. The van der Waals surface area contributed by atoms with E-state index in [0.29, 0.717) is 23.0 Å². The second-order valence-corrected chi connectivity index (χ2v) is 10.7. The summed E-state index contributed by atoms with van der Waals surface area (Å²) in [4.78, 5) is 26.1. The zero-order valence-corrected chi connectivity index (χ0v) is 24.7. The van der Waals surface area contributed by atoms with E-state index in [1.807, 2.05) is 80.7 Å². The van der Waals surface area contributed by atoms with E-state index in [2.05, 4.69) is 15.5 Å². The molecule has 2 heterocycles. The molecule has 0 unspecified atom stereocenters. The molecule has 0 saturated heterocycles. The molecule has 5 rings (SSSR count). The van der Waals surface area contributed by atoms with Gasteiger partial charge in [0.2, 0.25) is 0 Å². The van der Waals surface area contributed by atoms with Gasteiger partial charge in [-0.15, -0.1) is 10.2 Å². The van der Waals surface area contributed by atoms with Crippen LogP contribution in [-0.4, -0.2) is 57.3 Å². The summed E-state index contributed by atoms with van der Waals surface area (Å²) in [5, 5.41) is 18.3. The lowest BCUT2D eigenvalue weighted by molar-refractivity contribution is -0.130. The number of nitrogens with one attached hydrogen (secondary N) is 1. The van der Waals surface area contributed by atoms with Crippen molar-refractivity contribution in [2.24, 2.45) is 12.1 Å². The van der Waals surface area contributed by atoms with E-state index in [4.69, 9.17) is 14.6 Å². The zero-order chi connectivity index (χ0) is 29.6. The SMILES string of the molecule is COc1ccc(C2=NN(C(=O)CSc3nnc(CNC(=O)c4cccc(C)c4)n3C)[C@H](c3ccc(OC)cc3)C2)cc1. The van der Waals surface area contributed by atoms with Gasteiger partial charge in [-0.1, -0.05) is 41.6 Å². The number of thioether (sulfide) groups is 1. The minimum absolute atomic E-state index is 0.119. The molecule has 42 heavy (non-hydrogen) atoms. The normalized spacial score (nSPS) is 14.4. The Morgan fingerprint density at radius 1 is 0.976 bits per heavy atom. The predicted molar refractivity (Wildman–Crippen MR) is 161 cm³/mol. The molecular formula is C31H32N6O4S. The van der Waals surface area contributed by atoms with Gasteiger partial charge in [-0.3, -0.25) is 9.59 Å². The molecule has 2 amide bonds. The number of hydrazone groups is 1. The molecule has 1 atom stereocenters. The van der Waals surface area contributed by atoms with Gasteiger partial charge in [0.05, 0.1) is 38.3 Å². The Balaban J connectivity index is 1.27. The number of aryl methyl sites for hydroxylation is 1. The Hall–Kier alpha value is -4.64. The van der Waals surface area contributed by atoms with Gasteiger partial charge in [0.25, 0.3) is 11.8 Å². The first-order chi connectivity index (χ1) is 20.4. The van der Waals surface area contributed by atoms with Crippen molar-refractivity contribution in [3.63, 3.8) is 0 Å². The third-order valence-corrected chi connectivity index (χ3v) is 8.03. The number of aromatic nitrogens is 3. The Morgan fingerprint density at radius 3 is 2.33 bits per heavy atom. The van der Waals surface area contributed by atoms with Crippen LogP contribution in [-0.2, 0) is 18.4 Å². The van der Waals surface area contributed by atoms with E-state index in [9.17, 15) is 9.59 Å². The second kappa shape index (κ2) is 12.9. The van der Waals surface area contributed by atoms with E-state index < -0.39 is 0 Å². The number of ether oxygens (including phenoxy) is 2. The molecule has 0 bridgehead atoms. The van der Waals surface area contributed by atoms with Gasteiger partial charge in [0, 0.05) is 19.0 Å². The van der Waals surface area contributed by atoms with Crippen molar-refractivity contribution in [1.29, 1.82) is 0 Å². The molecule has 11 heteroatoms. The van der Waals surface area contributed by atoms with Crippen LogP contribution in [0.25, 0.3) is 0 Å². The molecule has 3 aromatic carbocycles. The summed E-state index contributed by atoms with van der Waals surface area (Å²) in [6, 6.07) is 22.5. The highest BCUT2D eigenvalue weighted by Gasteiger charge is 2.33. The molecule has 0 fully saturated rings. The summed E-state index contributed by atoms with van der Waals surface area (Å²) in [5.41, 5.74) is 4.32. The molecular weight excluding hydrogens is 552 g/mol. The quantitative estimate of drug-likeness (QED) is 0.273.